The molecule has 0 atom stereocenters. The van der Waals surface area contributed by atoms with Crippen molar-refractivity contribution in [1.29, 1.82) is 0 Å². The largest absolute Gasteiger partial charge is 0.457 e. The molecule has 0 saturated heterocycles. The molecule has 0 unspecified atom stereocenters. The van der Waals surface area contributed by atoms with Crippen molar-refractivity contribution in [2.75, 3.05) is 5.73 Å². The first kappa shape index (κ1) is 13.2. The third kappa shape index (κ3) is 2.60. The Bertz CT molecular complexity index is 881. The summed E-state index contributed by atoms with van der Waals surface area (Å²) in [4.78, 5) is 11.4. The highest BCUT2D eigenvalue weighted by Crippen LogP contribution is 2.29. The first-order chi connectivity index (χ1) is 10.0. The molecule has 4 nitrogen and oxygen atoms in total. The topological polar surface area (TPSA) is 65.5 Å². The van der Waals surface area contributed by atoms with E-state index >= 15 is 0 Å². The zero-order valence-electron chi connectivity index (χ0n) is 11.8. The number of nitrogen functional groups attached to an aromatic ring is 1. The lowest BCUT2D eigenvalue weighted by Gasteiger charge is -2.10. The Morgan fingerprint density at radius 1 is 1.00 bits per heavy atom. The number of hydrogen-bond donors (Lipinski definition) is 1. The maximum Gasteiger partial charge on any atom is 0.336 e. The minimum Gasteiger partial charge on any atom is -0.457 e. The molecule has 4 heteroatoms. The van der Waals surface area contributed by atoms with Gasteiger partial charge in [0.25, 0.3) is 0 Å². The second-order valence-corrected chi connectivity index (χ2v) is 5.03. The highest BCUT2D eigenvalue weighted by atomic mass is 16.5. The molecule has 0 aliphatic heterocycles. The molecule has 0 bridgehead atoms. The SMILES string of the molecule is Cc1cc(N)ccc1Oc1ccc2c(C)cc(=O)oc2c1. The van der Waals surface area contributed by atoms with E-state index in [2.05, 4.69) is 0 Å². The Labute approximate surface area is 121 Å². The number of fused-ring (bicyclic) bond motifs is 1. The Balaban J connectivity index is 2.03. The van der Waals surface area contributed by atoms with Crippen LogP contribution < -0.4 is 16.1 Å². The normalized spacial score (nSPS) is 10.8. The number of ether oxygens (including phenoxy) is 1. The van der Waals surface area contributed by atoms with Crippen LogP contribution in [0.15, 0.2) is 51.7 Å². The molecule has 21 heavy (non-hydrogen) atoms. The number of benzene rings is 2. The van der Waals surface area contributed by atoms with E-state index in [0.717, 1.165) is 22.3 Å². The predicted octanol–water partition coefficient (Wildman–Crippen LogP) is 3.78. The van der Waals surface area contributed by atoms with Crippen LogP contribution in [0, 0.1) is 13.8 Å². The van der Waals surface area contributed by atoms with Crippen LogP contribution in [0.25, 0.3) is 11.0 Å². The van der Waals surface area contributed by atoms with Crippen molar-refractivity contribution in [2.24, 2.45) is 0 Å². The number of rotatable bonds is 2. The first-order valence-electron chi connectivity index (χ1n) is 6.61. The van der Waals surface area contributed by atoms with E-state index in [1.165, 1.54) is 6.07 Å². The van der Waals surface area contributed by atoms with E-state index in [1.54, 1.807) is 12.1 Å². The number of anilines is 1. The Kier molecular flexibility index (Phi) is 3.14. The smallest absolute Gasteiger partial charge is 0.336 e. The van der Waals surface area contributed by atoms with Crippen molar-refractivity contribution in [2.45, 2.75) is 13.8 Å². The van der Waals surface area contributed by atoms with E-state index in [-0.39, 0.29) is 5.63 Å². The molecule has 0 amide bonds. The Hall–Kier alpha value is -2.75. The first-order valence-corrected chi connectivity index (χ1v) is 6.61. The molecule has 1 heterocycles. The Morgan fingerprint density at radius 3 is 2.57 bits per heavy atom. The van der Waals surface area contributed by atoms with E-state index < -0.39 is 0 Å². The molecule has 0 aliphatic rings. The predicted molar refractivity (Wildman–Crippen MR) is 82.9 cm³/mol. The van der Waals surface area contributed by atoms with E-state index in [9.17, 15) is 4.79 Å². The summed E-state index contributed by atoms with van der Waals surface area (Å²) in [6.07, 6.45) is 0. The van der Waals surface area contributed by atoms with Gasteiger partial charge in [-0.2, -0.15) is 0 Å². The summed E-state index contributed by atoms with van der Waals surface area (Å²) in [6.45, 7) is 3.81. The summed E-state index contributed by atoms with van der Waals surface area (Å²) >= 11 is 0. The van der Waals surface area contributed by atoms with Gasteiger partial charge in [-0.25, -0.2) is 4.79 Å². The van der Waals surface area contributed by atoms with Gasteiger partial charge in [0, 0.05) is 23.2 Å². The van der Waals surface area contributed by atoms with E-state index in [4.69, 9.17) is 14.9 Å². The highest BCUT2D eigenvalue weighted by molar-refractivity contribution is 5.81. The minimum absolute atomic E-state index is 0.360. The van der Waals surface area contributed by atoms with Crippen LogP contribution >= 0.6 is 0 Å². The van der Waals surface area contributed by atoms with Crippen LogP contribution in [0.5, 0.6) is 11.5 Å². The number of nitrogens with two attached hydrogens (primary N) is 1. The van der Waals surface area contributed by atoms with Crippen LogP contribution in [0.3, 0.4) is 0 Å². The van der Waals surface area contributed by atoms with Crippen molar-refractivity contribution >= 4 is 16.7 Å². The minimum atomic E-state index is -0.360. The molecule has 0 fully saturated rings. The molecule has 2 N–H and O–H groups in total. The van der Waals surface area contributed by atoms with Gasteiger partial charge in [0.15, 0.2) is 0 Å². The molecule has 0 aliphatic carbocycles. The number of hydrogen-bond acceptors (Lipinski definition) is 4. The molecule has 0 saturated carbocycles. The van der Waals surface area contributed by atoms with Gasteiger partial charge in [0.05, 0.1) is 0 Å². The third-order valence-electron chi connectivity index (χ3n) is 3.35. The molecule has 3 rings (SSSR count). The highest BCUT2D eigenvalue weighted by Gasteiger charge is 2.06. The van der Waals surface area contributed by atoms with Crippen LogP contribution in [-0.4, -0.2) is 0 Å². The summed E-state index contributed by atoms with van der Waals surface area (Å²) in [7, 11) is 0. The molecule has 0 radical (unpaired) electrons. The van der Waals surface area contributed by atoms with Gasteiger partial charge in [-0.1, -0.05) is 0 Å². The second-order valence-electron chi connectivity index (χ2n) is 5.03. The molecule has 3 aromatic rings. The fourth-order valence-corrected chi connectivity index (χ4v) is 2.28. The quantitative estimate of drug-likeness (QED) is 0.573. The summed E-state index contributed by atoms with van der Waals surface area (Å²) in [5.74, 6) is 1.34. The fourth-order valence-electron chi connectivity index (χ4n) is 2.28. The summed E-state index contributed by atoms with van der Waals surface area (Å²) in [6, 6.07) is 12.4. The zero-order valence-corrected chi connectivity index (χ0v) is 11.8. The van der Waals surface area contributed by atoms with Crippen molar-refractivity contribution in [3.8, 4) is 11.5 Å². The van der Waals surface area contributed by atoms with Crippen molar-refractivity contribution in [3.05, 3.63) is 64.0 Å². The maximum atomic E-state index is 11.4. The van der Waals surface area contributed by atoms with E-state index in [0.29, 0.717) is 17.0 Å². The molecular formula is C17H15NO3. The van der Waals surface area contributed by atoms with E-state index in [1.807, 2.05) is 38.1 Å². The van der Waals surface area contributed by atoms with Gasteiger partial charge in [0.1, 0.15) is 17.1 Å². The van der Waals surface area contributed by atoms with Crippen LogP contribution in [0.1, 0.15) is 11.1 Å². The molecule has 106 valence electrons. The lowest BCUT2D eigenvalue weighted by atomic mass is 10.1. The van der Waals surface area contributed by atoms with Crippen molar-refractivity contribution in [1.82, 2.24) is 0 Å². The van der Waals surface area contributed by atoms with Crippen LogP contribution in [-0.2, 0) is 0 Å². The number of aryl methyl sites for hydroxylation is 2. The standard InChI is InChI=1S/C17H15NO3/c1-10-8-17(19)21-16-9-13(4-5-14(10)16)20-15-6-3-12(18)7-11(15)2/h3-9H,18H2,1-2H3. The van der Waals surface area contributed by atoms with Gasteiger partial charge >= 0.3 is 5.63 Å². The lowest BCUT2D eigenvalue weighted by molar-refractivity contribution is 0.477. The van der Waals surface area contributed by atoms with Crippen LogP contribution in [0.4, 0.5) is 5.69 Å². The molecule has 1 aromatic heterocycles. The van der Waals surface area contributed by atoms with Gasteiger partial charge in [0.2, 0.25) is 0 Å². The van der Waals surface area contributed by atoms with Crippen molar-refractivity contribution in [3.63, 3.8) is 0 Å². The average molecular weight is 281 g/mol. The fraction of sp³-hybridized carbons (Fsp3) is 0.118. The molecular weight excluding hydrogens is 266 g/mol. The molecule has 0 spiro atoms. The average Bonchev–Trinajstić information content (AvgIpc) is 2.41. The maximum absolute atomic E-state index is 11.4. The van der Waals surface area contributed by atoms with Crippen LogP contribution in [0.2, 0.25) is 0 Å². The summed E-state index contributed by atoms with van der Waals surface area (Å²) < 4.78 is 11.0. The van der Waals surface area contributed by atoms with Crippen molar-refractivity contribution < 1.29 is 9.15 Å². The second kappa shape index (κ2) is 4.98. The molecule has 2 aromatic carbocycles. The monoisotopic (exact) mass is 281 g/mol. The Morgan fingerprint density at radius 2 is 1.81 bits per heavy atom. The van der Waals surface area contributed by atoms with Gasteiger partial charge in [-0.05, 0) is 55.3 Å². The third-order valence-corrected chi connectivity index (χ3v) is 3.35. The van der Waals surface area contributed by atoms with Gasteiger partial charge in [-0.3, -0.25) is 0 Å². The summed E-state index contributed by atoms with van der Waals surface area (Å²) in [5, 5.41) is 0.899. The van der Waals surface area contributed by atoms with Gasteiger partial charge < -0.3 is 14.9 Å². The van der Waals surface area contributed by atoms with Gasteiger partial charge in [-0.15, -0.1) is 0 Å². The summed E-state index contributed by atoms with van der Waals surface area (Å²) in [5.41, 5.74) is 8.41. The lowest BCUT2D eigenvalue weighted by Crippen LogP contribution is -1.98. The zero-order chi connectivity index (χ0) is 15.0.